The van der Waals surface area contributed by atoms with E-state index in [1.54, 1.807) is 13.0 Å². The van der Waals surface area contributed by atoms with Crippen molar-refractivity contribution in [3.8, 4) is 0 Å². The molecular weight excluding hydrogens is 247 g/mol. The molecule has 19 heavy (non-hydrogen) atoms. The first-order chi connectivity index (χ1) is 8.95. The molecule has 0 aliphatic carbocycles. The number of benzene rings is 1. The van der Waals surface area contributed by atoms with Gasteiger partial charge in [0.2, 0.25) is 5.89 Å². The summed E-state index contributed by atoms with van der Waals surface area (Å²) in [6.07, 6.45) is -0.413. The molecule has 104 valence electrons. The van der Waals surface area contributed by atoms with Crippen molar-refractivity contribution in [2.24, 2.45) is 0 Å². The highest BCUT2D eigenvalue weighted by Gasteiger charge is 2.16. The Morgan fingerprint density at radius 1 is 1.37 bits per heavy atom. The molecule has 1 unspecified atom stereocenters. The van der Waals surface area contributed by atoms with Crippen LogP contribution in [0.5, 0.6) is 0 Å². The summed E-state index contributed by atoms with van der Waals surface area (Å²) in [6, 6.07) is 4.57. The quantitative estimate of drug-likeness (QED) is 0.903. The van der Waals surface area contributed by atoms with Crippen molar-refractivity contribution in [3.63, 3.8) is 0 Å². The molecule has 4 nitrogen and oxygen atoms in total. The molecule has 0 aliphatic rings. The van der Waals surface area contributed by atoms with E-state index < -0.39 is 6.10 Å². The zero-order chi connectivity index (χ0) is 14.0. The van der Waals surface area contributed by atoms with Gasteiger partial charge in [-0.05, 0) is 32.9 Å². The van der Waals surface area contributed by atoms with Crippen LogP contribution in [-0.2, 0) is 6.54 Å². The second-order valence-electron chi connectivity index (χ2n) is 5.09. The second kappa shape index (κ2) is 5.67. The van der Waals surface area contributed by atoms with Crippen LogP contribution >= 0.6 is 0 Å². The third-order valence-electron chi connectivity index (χ3n) is 2.96. The van der Waals surface area contributed by atoms with E-state index in [0.29, 0.717) is 30.1 Å². The molecule has 1 N–H and O–H groups in total. The summed E-state index contributed by atoms with van der Waals surface area (Å²) in [7, 11) is 0. The minimum absolute atomic E-state index is 0.265. The van der Waals surface area contributed by atoms with Gasteiger partial charge in [0.15, 0.2) is 5.58 Å². The van der Waals surface area contributed by atoms with Crippen molar-refractivity contribution < 1.29 is 13.9 Å². The van der Waals surface area contributed by atoms with Crippen molar-refractivity contribution in [1.82, 2.24) is 9.88 Å². The maximum atomic E-state index is 13.1. The topological polar surface area (TPSA) is 49.5 Å². The summed E-state index contributed by atoms with van der Waals surface area (Å²) >= 11 is 0. The average molecular weight is 266 g/mol. The van der Waals surface area contributed by atoms with Crippen molar-refractivity contribution in [2.45, 2.75) is 39.5 Å². The lowest BCUT2D eigenvalue weighted by Gasteiger charge is -2.26. The average Bonchev–Trinajstić information content (AvgIpc) is 2.68. The molecule has 5 heteroatoms. The number of oxazole rings is 1. The Labute approximate surface area is 111 Å². The van der Waals surface area contributed by atoms with Gasteiger partial charge in [-0.2, -0.15) is 0 Å². The number of rotatable bonds is 5. The van der Waals surface area contributed by atoms with Crippen LogP contribution in [-0.4, -0.2) is 33.7 Å². The lowest BCUT2D eigenvalue weighted by molar-refractivity contribution is 0.0967. The fraction of sp³-hybridized carbons (Fsp3) is 0.500. The Morgan fingerprint density at radius 3 is 2.74 bits per heavy atom. The molecule has 1 aromatic carbocycles. The predicted molar refractivity (Wildman–Crippen MR) is 71.2 cm³/mol. The van der Waals surface area contributed by atoms with E-state index in [4.69, 9.17) is 4.42 Å². The molecule has 0 aliphatic heterocycles. The van der Waals surface area contributed by atoms with Gasteiger partial charge in [0.25, 0.3) is 0 Å². The number of hydrogen-bond acceptors (Lipinski definition) is 4. The number of hydrogen-bond donors (Lipinski definition) is 1. The van der Waals surface area contributed by atoms with Crippen molar-refractivity contribution in [2.75, 3.05) is 6.54 Å². The van der Waals surface area contributed by atoms with E-state index >= 15 is 0 Å². The maximum Gasteiger partial charge on any atom is 0.209 e. The number of aromatic nitrogens is 1. The van der Waals surface area contributed by atoms with Crippen LogP contribution in [0, 0.1) is 5.82 Å². The lowest BCUT2D eigenvalue weighted by atomic mass is 10.2. The zero-order valence-corrected chi connectivity index (χ0v) is 11.4. The number of nitrogens with zero attached hydrogens (tertiary/aromatic N) is 2. The Kier molecular flexibility index (Phi) is 4.17. The maximum absolute atomic E-state index is 13.1. The van der Waals surface area contributed by atoms with E-state index in [9.17, 15) is 9.50 Å². The van der Waals surface area contributed by atoms with Crippen molar-refractivity contribution in [3.05, 3.63) is 29.9 Å². The summed E-state index contributed by atoms with van der Waals surface area (Å²) in [5.74, 6) is 0.204. The summed E-state index contributed by atoms with van der Waals surface area (Å²) in [5, 5.41) is 9.48. The molecule has 0 saturated heterocycles. The van der Waals surface area contributed by atoms with Gasteiger partial charge >= 0.3 is 0 Å². The molecule has 2 rings (SSSR count). The summed E-state index contributed by atoms with van der Waals surface area (Å²) in [4.78, 5) is 6.39. The van der Waals surface area contributed by atoms with Gasteiger partial charge in [-0.1, -0.05) is 0 Å². The van der Waals surface area contributed by atoms with Crippen LogP contribution in [0.3, 0.4) is 0 Å². The number of aliphatic hydroxyl groups is 1. The molecule has 0 bridgehead atoms. The smallest absolute Gasteiger partial charge is 0.209 e. The van der Waals surface area contributed by atoms with Crippen LogP contribution in [0.25, 0.3) is 11.1 Å². The molecule has 0 radical (unpaired) electrons. The minimum atomic E-state index is -0.413. The first-order valence-corrected chi connectivity index (χ1v) is 6.43. The minimum Gasteiger partial charge on any atom is -0.439 e. The molecule has 0 fully saturated rings. The van der Waals surface area contributed by atoms with Crippen LogP contribution in [0.15, 0.2) is 22.6 Å². The van der Waals surface area contributed by atoms with Gasteiger partial charge in [0.1, 0.15) is 11.3 Å². The van der Waals surface area contributed by atoms with Crippen LogP contribution in [0.4, 0.5) is 4.39 Å². The van der Waals surface area contributed by atoms with Crippen molar-refractivity contribution in [1.29, 1.82) is 0 Å². The van der Waals surface area contributed by atoms with E-state index in [1.807, 2.05) is 13.8 Å². The molecule has 0 spiro atoms. The van der Waals surface area contributed by atoms with E-state index in [2.05, 4.69) is 9.88 Å². The molecule has 0 saturated carbocycles. The summed E-state index contributed by atoms with van der Waals surface area (Å²) in [5.41, 5.74) is 1.10. The summed E-state index contributed by atoms with van der Waals surface area (Å²) in [6.45, 7) is 6.88. The van der Waals surface area contributed by atoms with E-state index in [-0.39, 0.29) is 11.9 Å². The zero-order valence-electron chi connectivity index (χ0n) is 11.4. The first-order valence-electron chi connectivity index (χ1n) is 6.43. The van der Waals surface area contributed by atoms with Gasteiger partial charge in [-0.15, -0.1) is 0 Å². The van der Waals surface area contributed by atoms with Crippen LogP contribution in [0.2, 0.25) is 0 Å². The normalized spacial score (nSPS) is 13.6. The highest BCUT2D eigenvalue weighted by atomic mass is 19.1. The molecule has 0 amide bonds. The monoisotopic (exact) mass is 266 g/mol. The highest BCUT2D eigenvalue weighted by molar-refractivity contribution is 5.72. The van der Waals surface area contributed by atoms with Gasteiger partial charge in [-0.3, -0.25) is 4.90 Å². The van der Waals surface area contributed by atoms with Crippen molar-refractivity contribution >= 4 is 11.1 Å². The molecule has 1 heterocycles. The Hall–Kier alpha value is -1.46. The summed E-state index contributed by atoms with van der Waals surface area (Å²) < 4.78 is 18.6. The van der Waals surface area contributed by atoms with Gasteiger partial charge in [0, 0.05) is 18.7 Å². The fourth-order valence-corrected chi connectivity index (χ4v) is 1.98. The second-order valence-corrected chi connectivity index (χ2v) is 5.09. The molecule has 1 atom stereocenters. The predicted octanol–water partition coefficient (Wildman–Crippen LogP) is 2.56. The highest BCUT2D eigenvalue weighted by Crippen LogP contribution is 2.18. The van der Waals surface area contributed by atoms with E-state index in [1.165, 1.54) is 12.1 Å². The fourth-order valence-electron chi connectivity index (χ4n) is 1.98. The Morgan fingerprint density at radius 2 is 2.11 bits per heavy atom. The number of aliphatic hydroxyl groups excluding tert-OH is 1. The molecule has 1 aromatic heterocycles. The number of halogens is 1. The van der Waals surface area contributed by atoms with Crippen LogP contribution < -0.4 is 0 Å². The molecule has 2 aromatic rings. The third kappa shape index (κ3) is 3.52. The first kappa shape index (κ1) is 14.0. The standard InChI is InChI=1S/C14H19FN2O2/c1-9(2)17(7-10(3)18)8-14-16-12-5-4-11(15)6-13(12)19-14/h4-6,9-10,18H,7-8H2,1-3H3. The Bertz CT molecular complexity index is 551. The molecular formula is C14H19FN2O2. The van der Waals surface area contributed by atoms with Gasteiger partial charge in [-0.25, -0.2) is 9.37 Å². The SMILES string of the molecule is CC(O)CN(Cc1nc2ccc(F)cc2o1)C(C)C. The largest absolute Gasteiger partial charge is 0.439 e. The number of fused-ring (bicyclic) bond motifs is 1. The lowest BCUT2D eigenvalue weighted by Crippen LogP contribution is -2.36. The van der Waals surface area contributed by atoms with Crippen LogP contribution in [0.1, 0.15) is 26.7 Å². The Balaban J connectivity index is 2.19. The van der Waals surface area contributed by atoms with Gasteiger partial charge < -0.3 is 9.52 Å². The third-order valence-corrected chi connectivity index (χ3v) is 2.96. The van der Waals surface area contributed by atoms with E-state index in [0.717, 1.165) is 0 Å². The van der Waals surface area contributed by atoms with Gasteiger partial charge in [0.05, 0.1) is 12.6 Å².